The third kappa shape index (κ3) is 3.28. The first kappa shape index (κ1) is 14.6. The van der Waals surface area contributed by atoms with Crippen molar-refractivity contribution in [2.45, 2.75) is 18.8 Å². The minimum atomic E-state index is 0.0954. The van der Waals surface area contributed by atoms with Crippen molar-refractivity contribution in [2.75, 3.05) is 20.3 Å². The molecule has 6 heteroatoms. The second kappa shape index (κ2) is 6.62. The topological polar surface area (TPSA) is 77.6 Å². The third-order valence-electron chi connectivity index (χ3n) is 3.67. The molecular formula is C16H18N2O4. The Hall–Kier alpha value is -2.34. The van der Waals surface area contributed by atoms with Crippen LogP contribution in [0.5, 0.6) is 11.5 Å². The van der Waals surface area contributed by atoms with Crippen molar-refractivity contribution in [2.24, 2.45) is 0 Å². The van der Waals surface area contributed by atoms with Crippen LogP contribution in [0, 0.1) is 0 Å². The molecule has 0 amide bonds. The molecule has 2 heterocycles. The number of phenolic OH excluding ortho intramolecular Hbond substituents is 1. The summed E-state index contributed by atoms with van der Waals surface area (Å²) in [6.45, 7) is 1.49. The summed E-state index contributed by atoms with van der Waals surface area (Å²) in [4.78, 5) is 4.40. The number of phenols is 1. The van der Waals surface area contributed by atoms with Crippen LogP contribution in [0.4, 0.5) is 0 Å². The minimum Gasteiger partial charge on any atom is -0.504 e. The fraction of sp³-hybridized carbons (Fsp3) is 0.375. The molecule has 1 N–H and O–H groups in total. The van der Waals surface area contributed by atoms with Crippen LogP contribution in [0.1, 0.15) is 36.0 Å². The maximum absolute atomic E-state index is 9.74. The van der Waals surface area contributed by atoms with Crippen molar-refractivity contribution in [1.82, 2.24) is 10.1 Å². The van der Waals surface area contributed by atoms with E-state index in [2.05, 4.69) is 10.1 Å². The lowest BCUT2D eigenvalue weighted by Gasteiger charge is -2.18. The first-order valence-electron chi connectivity index (χ1n) is 7.22. The standard InChI is InChI=1S/C16H18N2O4/c1-20-14-4-2-11(10-13(14)19)3-5-15-17-16(18-22-15)12-6-8-21-9-7-12/h2-5,10,12,19H,6-9H2,1H3. The van der Waals surface area contributed by atoms with E-state index >= 15 is 0 Å². The lowest BCUT2D eigenvalue weighted by atomic mass is 10.00. The first-order valence-corrected chi connectivity index (χ1v) is 7.22. The molecule has 0 bridgehead atoms. The molecule has 6 nitrogen and oxygen atoms in total. The number of nitrogens with zero attached hydrogens (tertiary/aromatic N) is 2. The zero-order chi connectivity index (χ0) is 15.4. The average Bonchev–Trinajstić information content (AvgIpc) is 3.03. The Morgan fingerprint density at radius 1 is 1.27 bits per heavy atom. The quantitative estimate of drug-likeness (QED) is 0.935. The summed E-state index contributed by atoms with van der Waals surface area (Å²) >= 11 is 0. The summed E-state index contributed by atoms with van der Waals surface area (Å²) in [5.74, 6) is 2.04. The van der Waals surface area contributed by atoms with Crippen molar-refractivity contribution in [3.05, 3.63) is 35.5 Å². The summed E-state index contributed by atoms with van der Waals surface area (Å²) in [6, 6.07) is 5.16. The fourth-order valence-electron chi connectivity index (χ4n) is 2.41. The molecule has 1 fully saturated rings. The van der Waals surface area contributed by atoms with Crippen molar-refractivity contribution >= 4 is 12.2 Å². The van der Waals surface area contributed by atoms with Gasteiger partial charge in [-0.3, -0.25) is 0 Å². The highest BCUT2D eigenvalue weighted by molar-refractivity contribution is 5.67. The molecule has 116 valence electrons. The van der Waals surface area contributed by atoms with Crippen LogP contribution in [-0.4, -0.2) is 35.6 Å². The molecule has 0 saturated carbocycles. The van der Waals surface area contributed by atoms with Gasteiger partial charge < -0.3 is 19.1 Å². The van der Waals surface area contributed by atoms with Gasteiger partial charge in [0.2, 0.25) is 0 Å². The molecule has 1 aromatic heterocycles. The molecule has 2 aromatic rings. The zero-order valence-electron chi connectivity index (χ0n) is 12.4. The third-order valence-corrected chi connectivity index (χ3v) is 3.67. The van der Waals surface area contributed by atoms with Crippen LogP contribution >= 0.6 is 0 Å². The number of aromatic hydroxyl groups is 1. The second-order valence-electron chi connectivity index (χ2n) is 5.14. The van der Waals surface area contributed by atoms with Crippen molar-refractivity contribution in [3.63, 3.8) is 0 Å². The van der Waals surface area contributed by atoms with E-state index in [0.717, 1.165) is 37.4 Å². The molecule has 1 saturated heterocycles. The summed E-state index contributed by atoms with van der Waals surface area (Å²) < 4.78 is 15.6. The molecule has 1 aliphatic rings. The largest absolute Gasteiger partial charge is 0.504 e. The molecule has 0 atom stereocenters. The summed E-state index contributed by atoms with van der Waals surface area (Å²) in [7, 11) is 1.51. The monoisotopic (exact) mass is 302 g/mol. The van der Waals surface area contributed by atoms with Gasteiger partial charge in [0.05, 0.1) is 7.11 Å². The molecule has 22 heavy (non-hydrogen) atoms. The van der Waals surface area contributed by atoms with E-state index < -0.39 is 0 Å². The van der Waals surface area contributed by atoms with Gasteiger partial charge in [0.25, 0.3) is 5.89 Å². The van der Waals surface area contributed by atoms with E-state index in [4.69, 9.17) is 14.0 Å². The summed E-state index contributed by atoms with van der Waals surface area (Å²) in [5, 5.41) is 13.8. The zero-order valence-corrected chi connectivity index (χ0v) is 12.4. The van der Waals surface area contributed by atoms with E-state index in [1.165, 1.54) is 7.11 Å². The first-order chi connectivity index (χ1) is 10.8. The minimum absolute atomic E-state index is 0.0954. The Morgan fingerprint density at radius 2 is 2.09 bits per heavy atom. The molecule has 0 aliphatic carbocycles. The average molecular weight is 302 g/mol. The Labute approximate surface area is 128 Å². The molecule has 1 aliphatic heterocycles. The normalized spacial score (nSPS) is 16.2. The predicted molar refractivity (Wildman–Crippen MR) is 80.7 cm³/mol. The van der Waals surface area contributed by atoms with Crippen LogP contribution < -0.4 is 4.74 Å². The number of hydrogen-bond acceptors (Lipinski definition) is 6. The van der Waals surface area contributed by atoms with E-state index in [0.29, 0.717) is 17.6 Å². The summed E-state index contributed by atoms with van der Waals surface area (Å²) in [5.41, 5.74) is 0.823. The van der Waals surface area contributed by atoms with Gasteiger partial charge in [0.15, 0.2) is 17.3 Å². The summed E-state index contributed by atoms with van der Waals surface area (Å²) in [6.07, 6.45) is 5.39. The Balaban J connectivity index is 1.70. The SMILES string of the molecule is COc1ccc(C=Cc2nc(C3CCOCC3)no2)cc1O. The predicted octanol–water partition coefficient (Wildman–Crippen LogP) is 2.85. The number of benzene rings is 1. The number of rotatable bonds is 4. The van der Waals surface area contributed by atoms with Gasteiger partial charge in [0.1, 0.15) is 0 Å². The Bertz CT molecular complexity index is 660. The van der Waals surface area contributed by atoms with E-state index in [1.54, 1.807) is 24.3 Å². The van der Waals surface area contributed by atoms with E-state index in [-0.39, 0.29) is 5.75 Å². The number of ether oxygens (including phenoxy) is 2. The molecule has 0 unspecified atom stereocenters. The highest BCUT2D eigenvalue weighted by Crippen LogP contribution is 2.27. The highest BCUT2D eigenvalue weighted by Gasteiger charge is 2.20. The number of aromatic nitrogens is 2. The maximum atomic E-state index is 9.74. The lowest BCUT2D eigenvalue weighted by Crippen LogP contribution is -2.15. The van der Waals surface area contributed by atoms with Gasteiger partial charge in [-0.05, 0) is 36.6 Å². The second-order valence-corrected chi connectivity index (χ2v) is 5.14. The van der Waals surface area contributed by atoms with Gasteiger partial charge in [-0.15, -0.1) is 0 Å². The van der Waals surface area contributed by atoms with Gasteiger partial charge >= 0.3 is 0 Å². The van der Waals surface area contributed by atoms with Crippen LogP contribution in [-0.2, 0) is 4.74 Å². The smallest absolute Gasteiger partial charge is 0.250 e. The number of hydrogen-bond donors (Lipinski definition) is 1. The molecule has 0 radical (unpaired) electrons. The van der Waals surface area contributed by atoms with Gasteiger partial charge in [-0.2, -0.15) is 4.98 Å². The molecular weight excluding hydrogens is 284 g/mol. The van der Waals surface area contributed by atoms with E-state index in [9.17, 15) is 5.11 Å². The Morgan fingerprint density at radius 3 is 2.82 bits per heavy atom. The number of methoxy groups -OCH3 is 1. The van der Waals surface area contributed by atoms with Gasteiger partial charge in [-0.25, -0.2) is 0 Å². The fourth-order valence-corrected chi connectivity index (χ4v) is 2.41. The van der Waals surface area contributed by atoms with Crippen LogP contribution in [0.15, 0.2) is 22.7 Å². The van der Waals surface area contributed by atoms with Crippen molar-refractivity contribution in [3.8, 4) is 11.5 Å². The highest BCUT2D eigenvalue weighted by atomic mass is 16.5. The lowest BCUT2D eigenvalue weighted by molar-refractivity contribution is 0.0830. The van der Waals surface area contributed by atoms with E-state index in [1.807, 2.05) is 6.07 Å². The van der Waals surface area contributed by atoms with Gasteiger partial charge in [0, 0.05) is 25.2 Å². The van der Waals surface area contributed by atoms with Crippen molar-refractivity contribution < 1.29 is 19.1 Å². The van der Waals surface area contributed by atoms with Crippen LogP contribution in [0.2, 0.25) is 0 Å². The van der Waals surface area contributed by atoms with Crippen molar-refractivity contribution in [1.29, 1.82) is 0 Å². The Kier molecular flexibility index (Phi) is 4.39. The van der Waals surface area contributed by atoms with Crippen LogP contribution in [0.3, 0.4) is 0 Å². The van der Waals surface area contributed by atoms with Crippen LogP contribution in [0.25, 0.3) is 12.2 Å². The molecule has 1 aromatic carbocycles. The van der Waals surface area contributed by atoms with Gasteiger partial charge in [-0.1, -0.05) is 11.2 Å². The molecule has 3 rings (SSSR count). The molecule has 0 spiro atoms. The maximum Gasteiger partial charge on any atom is 0.250 e.